The molecule has 4 rings (SSSR count). The smallest absolute Gasteiger partial charge is 0.294 e. The molecule has 1 amide bonds. The third-order valence-corrected chi connectivity index (χ3v) is 7.59. The second-order valence-electron chi connectivity index (χ2n) is 10.5. The molecule has 1 fully saturated rings. The van der Waals surface area contributed by atoms with Gasteiger partial charge in [0, 0.05) is 48.3 Å². The van der Waals surface area contributed by atoms with Crippen LogP contribution in [-0.4, -0.2) is 64.6 Å². The topological polar surface area (TPSA) is 87.4 Å². The number of alkyl halides is 2. The number of halogens is 2. The molecule has 0 aliphatic carbocycles. The van der Waals surface area contributed by atoms with Crippen molar-refractivity contribution >= 4 is 18.3 Å². The summed E-state index contributed by atoms with van der Waals surface area (Å²) in [6.07, 6.45) is 4.18. The fourth-order valence-corrected chi connectivity index (χ4v) is 5.25. The molecular weight excluding hydrogens is 502 g/mol. The zero-order valence-corrected chi connectivity index (χ0v) is 22.8. The first-order valence-electron chi connectivity index (χ1n) is 13.3. The van der Waals surface area contributed by atoms with E-state index < -0.39 is 18.1 Å². The van der Waals surface area contributed by atoms with Crippen LogP contribution in [0.4, 0.5) is 8.78 Å². The van der Waals surface area contributed by atoms with E-state index in [9.17, 15) is 18.7 Å². The standard InChI is InChI=1S/C30H36F2N4O3/c1-18(2)30(31,32)26-12-13-35-28(27(26)21(5)37)39-22-11-10-19(3)36(17-22)29(38)24-9-7-6-8-23(24)25-16-33-14-15-34-20(25)4/h6-9,12-15,19-22,25,37H,1,10-11,16-17H2,2-5H3. The first-order chi connectivity index (χ1) is 18.5. The third-order valence-electron chi connectivity index (χ3n) is 7.59. The van der Waals surface area contributed by atoms with E-state index in [-0.39, 0.29) is 53.0 Å². The van der Waals surface area contributed by atoms with Gasteiger partial charge in [-0.3, -0.25) is 14.8 Å². The first-order valence-corrected chi connectivity index (χ1v) is 13.3. The molecule has 1 aromatic heterocycles. The normalized spacial score (nSPS) is 24.2. The zero-order valence-electron chi connectivity index (χ0n) is 22.8. The van der Waals surface area contributed by atoms with Crippen molar-refractivity contribution in [2.45, 2.75) is 76.7 Å². The molecule has 0 bridgehead atoms. The number of nitrogens with zero attached hydrogens (tertiary/aromatic N) is 4. The highest BCUT2D eigenvalue weighted by Crippen LogP contribution is 2.41. The van der Waals surface area contributed by atoms with Gasteiger partial charge in [-0.1, -0.05) is 24.8 Å². The Bertz CT molecular complexity index is 1280. The van der Waals surface area contributed by atoms with Gasteiger partial charge >= 0.3 is 0 Å². The summed E-state index contributed by atoms with van der Waals surface area (Å²) in [5.74, 6) is -3.58. The molecule has 39 heavy (non-hydrogen) atoms. The van der Waals surface area contributed by atoms with Crippen LogP contribution < -0.4 is 4.74 Å². The van der Waals surface area contributed by atoms with Gasteiger partial charge in [0.15, 0.2) is 0 Å². The number of aliphatic hydroxyl groups excluding tert-OH is 1. The van der Waals surface area contributed by atoms with E-state index in [1.54, 1.807) is 17.3 Å². The van der Waals surface area contributed by atoms with Crippen LogP contribution in [0.25, 0.3) is 0 Å². The highest BCUT2D eigenvalue weighted by molar-refractivity contribution is 6.16. The number of piperidine rings is 1. The fourth-order valence-electron chi connectivity index (χ4n) is 5.25. The number of hydrogen-bond acceptors (Lipinski definition) is 6. The number of allylic oxidation sites excluding steroid dienone is 1. The molecule has 5 unspecified atom stereocenters. The molecule has 9 heteroatoms. The lowest BCUT2D eigenvalue weighted by atomic mass is 9.88. The van der Waals surface area contributed by atoms with Crippen LogP contribution >= 0.6 is 0 Å². The molecule has 2 aliphatic rings. The molecule has 1 saturated heterocycles. The molecule has 0 radical (unpaired) electrons. The van der Waals surface area contributed by atoms with E-state index in [0.29, 0.717) is 24.9 Å². The highest BCUT2D eigenvalue weighted by atomic mass is 19.3. The second-order valence-corrected chi connectivity index (χ2v) is 10.5. The van der Waals surface area contributed by atoms with E-state index in [4.69, 9.17) is 4.74 Å². The molecule has 208 valence electrons. The maximum absolute atomic E-state index is 14.9. The Morgan fingerprint density at radius 1 is 1.21 bits per heavy atom. The van der Waals surface area contributed by atoms with Crippen molar-refractivity contribution in [3.05, 3.63) is 70.9 Å². The summed E-state index contributed by atoms with van der Waals surface area (Å²) in [4.78, 5) is 28.8. The highest BCUT2D eigenvalue weighted by Gasteiger charge is 2.39. The van der Waals surface area contributed by atoms with Crippen LogP contribution in [0.3, 0.4) is 0 Å². The van der Waals surface area contributed by atoms with Gasteiger partial charge < -0.3 is 14.7 Å². The molecule has 0 saturated carbocycles. The van der Waals surface area contributed by atoms with Crippen LogP contribution in [0.5, 0.6) is 5.88 Å². The molecule has 3 heterocycles. The van der Waals surface area contributed by atoms with Gasteiger partial charge in [0.1, 0.15) is 6.10 Å². The molecule has 2 aliphatic heterocycles. The minimum atomic E-state index is -3.36. The lowest BCUT2D eigenvalue weighted by Gasteiger charge is -2.38. The number of aliphatic imine (C=N–C) groups is 2. The number of rotatable bonds is 7. The number of pyridine rings is 1. The number of benzene rings is 1. The van der Waals surface area contributed by atoms with Crippen molar-refractivity contribution < 1.29 is 23.4 Å². The lowest BCUT2D eigenvalue weighted by Crippen LogP contribution is -2.49. The number of carbonyl (C=O) groups is 1. The molecule has 1 N–H and O–H groups in total. The van der Waals surface area contributed by atoms with Crippen molar-refractivity contribution in [2.24, 2.45) is 9.98 Å². The van der Waals surface area contributed by atoms with E-state index in [1.165, 1.54) is 26.1 Å². The van der Waals surface area contributed by atoms with Crippen LogP contribution in [0.1, 0.15) is 79.6 Å². The number of carbonyl (C=O) groups excluding carboxylic acids is 1. The van der Waals surface area contributed by atoms with Crippen molar-refractivity contribution in [1.82, 2.24) is 9.88 Å². The number of likely N-dealkylation sites (tertiary alicyclic amines) is 1. The first kappa shape index (κ1) is 28.5. The van der Waals surface area contributed by atoms with E-state index in [2.05, 4.69) is 21.5 Å². The van der Waals surface area contributed by atoms with Gasteiger partial charge in [-0.15, -0.1) is 0 Å². The number of ether oxygens (including phenoxy) is 1. The summed E-state index contributed by atoms with van der Waals surface area (Å²) in [7, 11) is 0. The molecule has 2 aromatic rings. The Labute approximate surface area is 228 Å². The van der Waals surface area contributed by atoms with Crippen LogP contribution in [-0.2, 0) is 5.92 Å². The molecule has 1 aromatic carbocycles. The molecule has 7 nitrogen and oxygen atoms in total. The number of hydrogen-bond donors (Lipinski definition) is 1. The number of amides is 1. The van der Waals surface area contributed by atoms with Gasteiger partial charge in [0.05, 0.1) is 24.3 Å². The maximum atomic E-state index is 14.9. The van der Waals surface area contributed by atoms with E-state index in [1.807, 2.05) is 38.1 Å². The van der Waals surface area contributed by atoms with E-state index >= 15 is 0 Å². The van der Waals surface area contributed by atoms with Crippen molar-refractivity contribution in [2.75, 3.05) is 13.1 Å². The van der Waals surface area contributed by atoms with Crippen molar-refractivity contribution in [3.8, 4) is 5.88 Å². The minimum Gasteiger partial charge on any atom is -0.472 e. The Balaban J connectivity index is 1.61. The summed E-state index contributed by atoms with van der Waals surface area (Å²) < 4.78 is 36.0. The van der Waals surface area contributed by atoms with Crippen LogP contribution in [0.2, 0.25) is 0 Å². The SMILES string of the molecule is C=C(C)C(F)(F)c1ccnc(OC2CCC(C)N(C(=O)c3ccccc3C3CN=CC=NC3C)C2)c1C(C)O. The molecule has 5 atom stereocenters. The Kier molecular flexibility index (Phi) is 8.59. The minimum absolute atomic E-state index is 0.0362. The quantitative estimate of drug-likeness (QED) is 0.472. The third kappa shape index (κ3) is 5.93. The molecular formula is C30H36F2N4O3. The molecule has 0 spiro atoms. The summed E-state index contributed by atoms with van der Waals surface area (Å²) >= 11 is 0. The lowest BCUT2D eigenvalue weighted by molar-refractivity contribution is 0.0291. The maximum Gasteiger partial charge on any atom is 0.294 e. The Morgan fingerprint density at radius 2 is 1.95 bits per heavy atom. The largest absolute Gasteiger partial charge is 0.472 e. The van der Waals surface area contributed by atoms with E-state index in [0.717, 1.165) is 5.56 Å². The van der Waals surface area contributed by atoms with Gasteiger partial charge in [0.25, 0.3) is 11.8 Å². The summed E-state index contributed by atoms with van der Waals surface area (Å²) in [6, 6.07) is 8.65. The van der Waals surface area contributed by atoms with Gasteiger partial charge in [-0.2, -0.15) is 8.78 Å². The Morgan fingerprint density at radius 3 is 2.67 bits per heavy atom. The monoisotopic (exact) mass is 538 g/mol. The van der Waals surface area contributed by atoms with Crippen molar-refractivity contribution in [1.29, 1.82) is 0 Å². The average molecular weight is 539 g/mol. The number of aliphatic hydroxyl groups is 1. The summed E-state index contributed by atoms with van der Waals surface area (Å²) in [6.45, 7) is 10.9. The zero-order chi connectivity index (χ0) is 28.3. The summed E-state index contributed by atoms with van der Waals surface area (Å²) in [5, 5.41) is 10.4. The Hall–Kier alpha value is -3.46. The fraction of sp³-hybridized carbons (Fsp3) is 0.467. The van der Waals surface area contributed by atoms with Crippen LogP contribution in [0, 0.1) is 0 Å². The van der Waals surface area contributed by atoms with Crippen molar-refractivity contribution in [3.63, 3.8) is 0 Å². The van der Waals surface area contributed by atoms with Gasteiger partial charge in [-0.25, -0.2) is 4.98 Å². The van der Waals surface area contributed by atoms with Crippen LogP contribution in [0.15, 0.2) is 58.7 Å². The van der Waals surface area contributed by atoms with Gasteiger partial charge in [0.2, 0.25) is 5.88 Å². The average Bonchev–Trinajstić information content (AvgIpc) is 3.13. The summed E-state index contributed by atoms with van der Waals surface area (Å²) in [5.41, 5.74) is 0.691. The van der Waals surface area contributed by atoms with Gasteiger partial charge in [-0.05, 0) is 63.8 Å². The second kappa shape index (κ2) is 11.7. The number of aromatic nitrogens is 1. The predicted octanol–water partition coefficient (Wildman–Crippen LogP) is 5.50. The predicted molar refractivity (Wildman–Crippen MR) is 148 cm³/mol.